The molecule has 0 amide bonds. The van der Waals surface area contributed by atoms with Crippen molar-refractivity contribution in [3.8, 4) is 0 Å². The van der Waals surface area contributed by atoms with Gasteiger partial charge >= 0.3 is 0 Å². The van der Waals surface area contributed by atoms with Gasteiger partial charge in [-0.05, 0) is 48.8 Å². The van der Waals surface area contributed by atoms with Gasteiger partial charge in [0.2, 0.25) is 0 Å². The summed E-state index contributed by atoms with van der Waals surface area (Å²) in [5.41, 5.74) is 3.93. The van der Waals surface area contributed by atoms with Gasteiger partial charge in [-0.3, -0.25) is 4.90 Å². The summed E-state index contributed by atoms with van der Waals surface area (Å²) in [4.78, 5) is 7.43. The molecule has 7 nitrogen and oxygen atoms in total. The maximum absolute atomic E-state index is 5.58. The smallest absolute Gasteiger partial charge is 0.279 e. The molecule has 0 saturated carbocycles. The number of hydrogen-bond donors (Lipinski definition) is 1. The van der Waals surface area contributed by atoms with Crippen molar-refractivity contribution in [3.63, 3.8) is 0 Å². The molecule has 0 radical (unpaired) electrons. The zero-order valence-electron chi connectivity index (χ0n) is 17.3. The predicted octanol–water partition coefficient (Wildman–Crippen LogP) is 3.23. The van der Waals surface area contributed by atoms with E-state index in [4.69, 9.17) is 4.74 Å². The monoisotopic (exact) mass is 413 g/mol. The lowest BCUT2D eigenvalue weighted by Crippen LogP contribution is -2.40. The summed E-state index contributed by atoms with van der Waals surface area (Å²) in [6.45, 7) is 8.87. The lowest BCUT2D eigenvalue weighted by atomic mass is 9.90. The number of thiophene rings is 1. The summed E-state index contributed by atoms with van der Waals surface area (Å²) in [5, 5.41) is 17.7. The van der Waals surface area contributed by atoms with Gasteiger partial charge in [0.1, 0.15) is 23.3 Å². The number of aromatic amines is 1. The van der Waals surface area contributed by atoms with Crippen LogP contribution in [0.2, 0.25) is 0 Å². The first-order valence-corrected chi connectivity index (χ1v) is 11.6. The molecule has 1 saturated heterocycles. The minimum Gasteiger partial charge on any atom is -0.373 e. The van der Waals surface area contributed by atoms with E-state index in [2.05, 4.69) is 44.5 Å². The second-order valence-electron chi connectivity index (χ2n) is 8.47. The summed E-state index contributed by atoms with van der Waals surface area (Å²) in [6, 6.07) is 0. The van der Waals surface area contributed by atoms with Crippen LogP contribution in [0.4, 0.5) is 11.6 Å². The first kappa shape index (κ1) is 18.9. The zero-order valence-corrected chi connectivity index (χ0v) is 18.1. The fraction of sp³-hybridized carbons (Fsp3) is 0.619. The van der Waals surface area contributed by atoms with E-state index < -0.39 is 0 Å². The maximum Gasteiger partial charge on any atom is 0.279 e. The van der Waals surface area contributed by atoms with Crippen LogP contribution in [-0.4, -0.2) is 48.3 Å². The topological polar surface area (TPSA) is 77.3 Å². The van der Waals surface area contributed by atoms with Gasteiger partial charge < -0.3 is 10.1 Å². The number of hydrogen-bond acceptors (Lipinski definition) is 7. The first-order valence-electron chi connectivity index (χ1n) is 10.8. The molecule has 8 heteroatoms. The summed E-state index contributed by atoms with van der Waals surface area (Å²) >= 11 is 1.76. The van der Waals surface area contributed by atoms with Crippen molar-refractivity contribution in [2.45, 2.75) is 46.0 Å². The fourth-order valence-corrected chi connectivity index (χ4v) is 5.60. The highest BCUT2D eigenvalue weighted by atomic mass is 32.1. The molecule has 2 aliphatic rings. The van der Waals surface area contributed by atoms with E-state index in [1.807, 2.05) is 0 Å². The predicted molar refractivity (Wildman–Crippen MR) is 117 cm³/mol. The Balaban J connectivity index is 1.64. The average molecular weight is 414 g/mol. The van der Waals surface area contributed by atoms with Crippen molar-refractivity contribution >= 4 is 43.4 Å². The molecule has 154 valence electrons. The third kappa shape index (κ3) is 3.53. The molecule has 5 rings (SSSR count). The Labute approximate surface area is 174 Å². The van der Waals surface area contributed by atoms with Crippen LogP contribution in [-0.2, 0) is 17.6 Å². The van der Waals surface area contributed by atoms with Crippen molar-refractivity contribution in [1.82, 2.24) is 15.4 Å². The zero-order chi connectivity index (χ0) is 19.8. The van der Waals surface area contributed by atoms with Gasteiger partial charge in [0.25, 0.3) is 5.82 Å². The first-order chi connectivity index (χ1) is 14.2. The molecule has 1 aliphatic heterocycles. The molecule has 0 aromatic carbocycles. The van der Waals surface area contributed by atoms with Gasteiger partial charge in [-0.15, -0.1) is 10.2 Å². The summed E-state index contributed by atoms with van der Waals surface area (Å²) in [6.07, 6.45) is 5.84. The number of anilines is 2. The van der Waals surface area contributed by atoms with Crippen LogP contribution in [0.1, 0.15) is 44.2 Å². The summed E-state index contributed by atoms with van der Waals surface area (Å²) in [5.74, 6) is 2.81. The van der Waals surface area contributed by atoms with Crippen LogP contribution < -0.4 is 15.2 Å². The van der Waals surface area contributed by atoms with Crippen molar-refractivity contribution < 1.29 is 9.72 Å². The normalized spacial score (nSPS) is 17.3. The second-order valence-corrected chi connectivity index (χ2v) is 9.49. The Morgan fingerprint density at radius 1 is 1.14 bits per heavy atom. The Hall–Kier alpha value is -2.06. The number of H-pyrrole nitrogens is 1. The molecule has 0 unspecified atom stereocenters. The minimum atomic E-state index is 0.659. The third-order valence-corrected chi connectivity index (χ3v) is 7.12. The second kappa shape index (κ2) is 7.99. The molecular formula is C21H29N6OS+. The fourth-order valence-electron chi connectivity index (χ4n) is 4.48. The average Bonchev–Trinajstić information content (AvgIpc) is 3.13. The number of nitrogens with zero attached hydrogens (tertiary/aromatic N) is 4. The van der Waals surface area contributed by atoms with Gasteiger partial charge in [-0.2, -0.15) is 0 Å². The largest absolute Gasteiger partial charge is 0.373 e. The van der Waals surface area contributed by atoms with E-state index in [0.717, 1.165) is 68.1 Å². The van der Waals surface area contributed by atoms with Crippen LogP contribution >= 0.6 is 11.3 Å². The van der Waals surface area contributed by atoms with Gasteiger partial charge in [-0.25, -0.2) is 4.98 Å². The molecule has 3 aromatic rings. The van der Waals surface area contributed by atoms with Crippen molar-refractivity contribution in [2.24, 2.45) is 5.92 Å². The van der Waals surface area contributed by atoms with Crippen molar-refractivity contribution in [2.75, 3.05) is 43.1 Å². The van der Waals surface area contributed by atoms with E-state index >= 15 is 0 Å². The molecule has 0 atom stereocenters. The molecule has 29 heavy (non-hydrogen) atoms. The summed E-state index contributed by atoms with van der Waals surface area (Å²) in [7, 11) is 0. The van der Waals surface area contributed by atoms with Gasteiger partial charge in [-0.1, -0.05) is 25.2 Å². The lowest BCUT2D eigenvalue weighted by Gasteiger charge is -2.25. The number of ether oxygens (including phenoxy) is 1. The van der Waals surface area contributed by atoms with Crippen LogP contribution in [0.3, 0.4) is 0 Å². The molecule has 1 fully saturated rings. The highest BCUT2D eigenvalue weighted by molar-refractivity contribution is 7.25. The van der Waals surface area contributed by atoms with E-state index in [1.165, 1.54) is 40.0 Å². The Kier molecular flexibility index (Phi) is 5.22. The van der Waals surface area contributed by atoms with Gasteiger partial charge in [0.15, 0.2) is 10.6 Å². The number of morpholine rings is 1. The van der Waals surface area contributed by atoms with Crippen LogP contribution in [0, 0.1) is 5.92 Å². The van der Waals surface area contributed by atoms with Gasteiger partial charge in [0, 0.05) is 12.1 Å². The molecule has 0 bridgehead atoms. The Morgan fingerprint density at radius 3 is 2.72 bits per heavy atom. The maximum atomic E-state index is 5.58. The van der Waals surface area contributed by atoms with Crippen molar-refractivity contribution in [1.29, 1.82) is 0 Å². The van der Waals surface area contributed by atoms with E-state index in [9.17, 15) is 0 Å². The minimum absolute atomic E-state index is 0.659. The van der Waals surface area contributed by atoms with Gasteiger partial charge in [0.05, 0.1) is 18.6 Å². The highest BCUT2D eigenvalue weighted by Gasteiger charge is 2.30. The highest BCUT2D eigenvalue weighted by Crippen LogP contribution is 2.40. The molecule has 2 N–H and O–H groups in total. The molecule has 0 spiro atoms. The van der Waals surface area contributed by atoms with E-state index in [-0.39, 0.29) is 0 Å². The number of rotatable bonds is 5. The molecular weight excluding hydrogens is 384 g/mol. The van der Waals surface area contributed by atoms with E-state index in [0.29, 0.717) is 5.92 Å². The number of aryl methyl sites for hydroxylation is 1. The standard InChI is InChI=1S/C21H28N6OS/c1-13(2)7-8-22-19-18-17(24-26-25-19)16-14-5-3-4-6-15(14)20(23-21(16)29-18)27-9-11-28-12-10-27/h13H,3-12H2,1-2H3,(H,22,24,25)/p+1. The number of pyridine rings is 1. The Bertz CT molecular complexity index is 1030. The number of aromatic nitrogens is 4. The molecule has 3 aromatic heterocycles. The van der Waals surface area contributed by atoms with E-state index in [1.54, 1.807) is 11.3 Å². The summed E-state index contributed by atoms with van der Waals surface area (Å²) < 4.78 is 6.70. The van der Waals surface area contributed by atoms with Crippen LogP contribution in [0.15, 0.2) is 0 Å². The lowest BCUT2D eigenvalue weighted by molar-refractivity contribution is -0.328. The third-order valence-electron chi connectivity index (χ3n) is 6.02. The SMILES string of the molecule is CC(C)CCNc1nnnc2c1sc1[nH+]c(N3CCOCC3)c3c(c12)CCCC3. The van der Waals surface area contributed by atoms with Crippen molar-refractivity contribution in [3.05, 3.63) is 11.1 Å². The number of fused-ring (bicyclic) bond motifs is 5. The Morgan fingerprint density at radius 2 is 1.93 bits per heavy atom. The molecule has 1 aliphatic carbocycles. The number of nitrogens with one attached hydrogen (secondary N) is 2. The molecule has 4 heterocycles. The quantitative estimate of drug-likeness (QED) is 0.692. The van der Waals surface area contributed by atoms with Crippen LogP contribution in [0.25, 0.3) is 20.4 Å². The van der Waals surface area contributed by atoms with Crippen LogP contribution in [0.5, 0.6) is 0 Å².